The fourth-order valence-electron chi connectivity index (χ4n) is 1.45. The van der Waals surface area contributed by atoms with Gasteiger partial charge in [0.2, 0.25) is 0 Å². The summed E-state index contributed by atoms with van der Waals surface area (Å²) in [5.41, 5.74) is 4.69. The second kappa shape index (κ2) is 3.61. The Labute approximate surface area is 84.7 Å². The lowest BCUT2D eigenvalue weighted by molar-refractivity contribution is -0.0211. The second-order valence-corrected chi connectivity index (χ2v) is 3.32. The standard InChI is InChI=1S/C8H11N3O4/c9-5-1-2-11(8(14)10-5)7-6(13)4(12)3-15-7/h1-2,4,6-7,12-13H,3H2,(H2,9,10,14)/t4-,6?,7-/m1/s1. The lowest BCUT2D eigenvalue weighted by atomic mass is 10.2. The number of nitrogens with two attached hydrogens (primary N) is 1. The largest absolute Gasteiger partial charge is 0.388 e. The van der Waals surface area contributed by atoms with E-state index < -0.39 is 24.1 Å². The van der Waals surface area contributed by atoms with Gasteiger partial charge < -0.3 is 20.7 Å². The van der Waals surface area contributed by atoms with Gasteiger partial charge in [-0.05, 0) is 6.07 Å². The zero-order valence-electron chi connectivity index (χ0n) is 7.78. The molecule has 4 N–H and O–H groups in total. The summed E-state index contributed by atoms with van der Waals surface area (Å²) in [4.78, 5) is 14.9. The molecular formula is C8H11N3O4. The molecular weight excluding hydrogens is 202 g/mol. The molecule has 1 unspecified atom stereocenters. The average molecular weight is 213 g/mol. The second-order valence-electron chi connectivity index (χ2n) is 3.32. The van der Waals surface area contributed by atoms with Gasteiger partial charge in [-0.3, -0.25) is 4.57 Å². The number of hydrogen-bond donors (Lipinski definition) is 3. The fraction of sp³-hybridized carbons (Fsp3) is 0.500. The molecule has 7 heteroatoms. The lowest BCUT2D eigenvalue weighted by Crippen LogP contribution is -2.34. The maximum atomic E-state index is 11.4. The number of rotatable bonds is 1. The highest BCUT2D eigenvalue weighted by molar-refractivity contribution is 5.23. The first kappa shape index (κ1) is 10.1. The van der Waals surface area contributed by atoms with Crippen LogP contribution in [-0.2, 0) is 4.74 Å². The molecule has 1 saturated heterocycles. The van der Waals surface area contributed by atoms with Crippen LogP contribution in [-0.4, -0.2) is 38.6 Å². The van der Waals surface area contributed by atoms with Crippen LogP contribution in [0.4, 0.5) is 5.82 Å². The summed E-state index contributed by atoms with van der Waals surface area (Å²) in [5, 5.41) is 18.8. The minimum absolute atomic E-state index is 0.0113. The molecule has 1 fully saturated rings. The number of anilines is 1. The minimum Gasteiger partial charge on any atom is -0.388 e. The van der Waals surface area contributed by atoms with E-state index in [1.165, 1.54) is 12.3 Å². The molecule has 0 spiro atoms. The molecule has 7 nitrogen and oxygen atoms in total. The van der Waals surface area contributed by atoms with Gasteiger partial charge in [0.1, 0.15) is 18.0 Å². The van der Waals surface area contributed by atoms with Crippen molar-refractivity contribution in [2.75, 3.05) is 12.3 Å². The van der Waals surface area contributed by atoms with E-state index >= 15 is 0 Å². The van der Waals surface area contributed by atoms with E-state index in [-0.39, 0.29) is 12.4 Å². The summed E-state index contributed by atoms with van der Waals surface area (Å²) in [5.74, 6) is 0.101. The van der Waals surface area contributed by atoms with E-state index in [2.05, 4.69) is 4.98 Å². The summed E-state index contributed by atoms with van der Waals surface area (Å²) in [6, 6.07) is 1.42. The Hall–Kier alpha value is -1.44. The zero-order valence-corrected chi connectivity index (χ0v) is 7.78. The van der Waals surface area contributed by atoms with E-state index in [9.17, 15) is 15.0 Å². The Morgan fingerprint density at radius 1 is 1.60 bits per heavy atom. The van der Waals surface area contributed by atoms with E-state index in [1.54, 1.807) is 0 Å². The van der Waals surface area contributed by atoms with Crippen LogP contribution in [0.15, 0.2) is 17.1 Å². The van der Waals surface area contributed by atoms with Gasteiger partial charge in [-0.2, -0.15) is 4.98 Å². The predicted octanol–water partition coefficient (Wildman–Crippen LogP) is -1.92. The Bertz CT molecular complexity index is 419. The molecule has 0 amide bonds. The molecule has 1 aromatic heterocycles. The van der Waals surface area contributed by atoms with Gasteiger partial charge in [0.15, 0.2) is 6.23 Å². The maximum Gasteiger partial charge on any atom is 0.351 e. The SMILES string of the molecule is Nc1ccn([C@@H]2OC[C@@H](O)C2O)c(=O)n1. The Balaban J connectivity index is 2.34. The van der Waals surface area contributed by atoms with Crippen LogP contribution in [0.2, 0.25) is 0 Å². The molecule has 0 radical (unpaired) electrons. The molecule has 0 saturated carbocycles. The Kier molecular flexibility index (Phi) is 2.43. The lowest BCUT2D eigenvalue weighted by Gasteiger charge is -2.16. The molecule has 0 aliphatic carbocycles. The predicted molar refractivity (Wildman–Crippen MR) is 49.9 cm³/mol. The Morgan fingerprint density at radius 2 is 2.33 bits per heavy atom. The van der Waals surface area contributed by atoms with Crippen LogP contribution >= 0.6 is 0 Å². The number of hydrogen-bond acceptors (Lipinski definition) is 6. The first-order valence-corrected chi connectivity index (χ1v) is 4.42. The van der Waals surface area contributed by atoms with Crippen molar-refractivity contribution in [3.63, 3.8) is 0 Å². The fourth-order valence-corrected chi connectivity index (χ4v) is 1.45. The zero-order chi connectivity index (χ0) is 11.0. The molecule has 1 aliphatic heterocycles. The van der Waals surface area contributed by atoms with Crippen molar-refractivity contribution >= 4 is 5.82 Å². The number of aliphatic hydroxyl groups excluding tert-OH is 2. The normalized spacial score (nSPS) is 30.7. The van der Waals surface area contributed by atoms with Gasteiger partial charge in [-0.1, -0.05) is 0 Å². The van der Waals surface area contributed by atoms with Gasteiger partial charge >= 0.3 is 5.69 Å². The molecule has 2 heterocycles. The van der Waals surface area contributed by atoms with Crippen molar-refractivity contribution in [3.8, 4) is 0 Å². The summed E-state index contributed by atoms with van der Waals surface area (Å²) in [7, 11) is 0. The van der Waals surface area contributed by atoms with Crippen LogP contribution in [0, 0.1) is 0 Å². The first-order chi connectivity index (χ1) is 7.09. The average Bonchev–Trinajstić information content (AvgIpc) is 2.49. The smallest absolute Gasteiger partial charge is 0.351 e. The summed E-state index contributed by atoms with van der Waals surface area (Å²) in [6.45, 7) is -0.0113. The molecule has 0 aromatic carbocycles. The molecule has 0 bridgehead atoms. The van der Waals surface area contributed by atoms with Gasteiger partial charge in [-0.25, -0.2) is 4.79 Å². The molecule has 15 heavy (non-hydrogen) atoms. The third-order valence-corrected chi connectivity index (χ3v) is 2.25. The van der Waals surface area contributed by atoms with Crippen LogP contribution < -0.4 is 11.4 Å². The topological polar surface area (TPSA) is 111 Å². The first-order valence-electron chi connectivity index (χ1n) is 4.42. The van der Waals surface area contributed by atoms with E-state index in [4.69, 9.17) is 10.5 Å². The summed E-state index contributed by atoms with van der Waals surface area (Å²) < 4.78 is 6.16. The number of nitrogen functional groups attached to an aromatic ring is 1. The van der Waals surface area contributed by atoms with Gasteiger partial charge in [0, 0.05) is 6.20 Å². The third-order valence-electron chi connectivity index (χ3n) is 2.25. The van der Waals surface area contributed by atoms with E-state index in [1.807, 2.05) is 0 Å². The summed E-state index contributed by atoms with van der Waals surface area (Å²) in [6.07, 6.45) is -1.65. The quantitative estimate of drug-likeness (QED) is 0.501. The molecule has 82 valence electrons. The van der Waals surface area contributed by atoms with Gasteiger partial charge in [0.25, 0.3) is 0 Å². The molecule has 1 aliphatic rings. The maximum absolute atomic E-state index is 11.4. The number of aromatic nitrogens is 2. The van der Waals surface area contributed by atoms with Crippen LogP contribution in [0.5, 0.6) is 0 Å². The molecule has 2 rings (SSSR count). The summed E-state index contributed by atoms with van der Waals surface area (Å²) >= 11 is 0. The van der Waals surface area contributed by atoms with Crippen LogP contribution in [0.1, 0.15) is 6.23 Å². The van der Waals surface area contributed by atoms with E-state index in [0.717, 1.165) is 4.57 Å². The van der Waals surface area contributed by atoms with Crippen molar-refractivity contribution < 1.29 is 14.9 Å². The van der Waals surface area contributed by atoms with Crippen molar-refractivity contribution in [1.82, 2.24) is 9.55 Å². The monoisotopic (exact) mass is 213 g/mol. The van der Waals surface area contributed by atoms with E-state index in [0.29, 0.717) is 0 Å². The van der Waals surface area contributed by atoms with Crippen LogP contribution in [0.3, 0.4) is 0 Å². The third kappa shape index (κ3) is 1.72. The van der Waals surface area contributed by atoms with Crippen molar-refractivity contribution in [1.29, 1.82) is 0 Å². The van der Waals surface area contributed by atoms with Crippen molar-refractivity contribution in [3.05, 3.63) is 22.7 Å². The van der Waals surface area contributed by atoms with Crippen LogP contribution in [0.25, 0.3) is 0 Å². The number of aliphatic hydroxyl groups is 2. The van der Waals surface area contributed by atoms with Gasteiger partial charge in [-0.15, -0.1) is 0 Å². The van der Waals surface area contributed by atoms with Gasteiger partial charge in [0.05, 0.1) is 6.61 Å². The highest BCUT2D eigenvalue weighted by atomic mass is 16.5. The molecule has 1 aromatic rings. The van der Waals surface area contributed by atoms with Crippen molar-refractivity contribution in [2.45, 2.75) is 18.4 Å². The molecule has 3 atom stereocenters. The Morgan fingerprint density at radius 3 is 2.87 bits per heavy atom. The van der Waals surface area contributed by atoms with Crippen molar-refractivity contribution in [2.24, 2.45) is 0 Å². The highest BCUT2D eigenvalue weighted by Crippen LogP contribution is 2.22. The number of ether oxygens (including phenoxy) is 1. The minimum atomic E-state index is -1.13. The number of nitrogens with zero attached hydrogens (tertiary/aromatic N) is 2. The highest BCUT2D eigenvalue weighted by Gasteiger charge is 2.36.